The van der Waals surface area contributed by atoms with E-state index < -0.39 is 0 Å². The van der Waals surface area contributed by atoms with Gasteiger partial charge in [-0.3, -0.25) is 4.79 Å². The first-order chi connectivity index (χ1) is 10.1. The van der Waals surface area contributed by atoms with Crippen molar-refractivity contribution in [1.29, 1.82) is 0 Å². The third-order valence-electron chi connectivity index (χ3n) is 3.61. The second-order valence-corrected chi connectivity index (χ2v) is 5.77. The highest BCUT2D eigenvalue weighted by Gasteiger charge is 2.17. The zero-order valence-corrected chi connectivity index (χ0v) is 12.9. The van der Waals surface area contributed by atoms with Crippen LogP contribution in [-0.2, 0) is 9.53 Å². The number of hydrogen-bond donors (Lipinski definition) is 1. The highest BCUT2D eigenvalue weighted by atomic mass is 16.5. The van der Waals surface area contributed by atoms with Gasteiger partial charge in [0.2, 0.25) is 5.91 Å². The van der Waals surface area contributed by atoms with Gasteiger partial charge in [0.25, 0.3) is 0 Å². The van der Waals surface area contributed by atoms with E-state index in [4.69, 9.17) is 9.47 Å². The summed E-state index contributed by atoms with van der Waals surface area (Å²) in [6, 6.07) is 7.92. The molecule has 1 aliphatic rings. The summed E-state index contributed by atoms with van der Waals surface area (Å²) >= 11 is 0. The van der Waals surface area contributed by atoms with Crippen LogP contribution in [0.25, 0.3) is 0 Å². The molecule has 2 unspecified atom stereocenters. The Hall–Kier alpha value is -1.55. The zero-order valence-electron chi connectivity index (χ0n) is 12.9. The molecule has 1 saturated heterocycles. The maximum atomic E-state index is 11.9. The number of nitrogens with one attached hydrogen (secondary N) is 1. The van der Waals surface area contributed by atoms with Crippen LogP contribution in [0.3, 0.4) is 0 Å². The fourth-order valence-corrected chi connectivity index (χ4v) is 2.48. The number of carbonyl (C=O) groups is 1. The summed E-state index contributed by atoms with van der Waals surface area (Å²) in [6.45, 7) is 5.31. The Morgan fingerprint density at radius 2 is 2.38 bits per heavy atom. The Balaban J connectivity index is 1.64. The van der Waals surface area contributed by atoms with Crippen LogP contribution >= 0.6 is 0 Å². The molecule has 116 valence electrons. The smallest absolute Gasteiger partial charge is 0.220 e. The Kier molecular flexibility index (Phi) is 6.05. The summed E-state index contributed by atoms with van der Waals surface area (Å²) in [4.78, 5) is 11.9. The van der Waals surface area contributed by atoms with Crippen molar-refractivity contribution in [3.05, 3.63) is 29.8 Å². The predicted octanol–water partition coefficient (Wildman–Crippen LogP) is 2.84. The Labute approximate surface area is 126 Å². The normalized spacial score (nSPS) is 19.2. The molecule has 21 heavy (non-hydrogen) atoms. The first-order valence-corrected chi connectivity index (χ1v) is 7.74. The summed E-state index contributed by atoms with van der Waals surface area (Å²) in [5.41, 5.74) is 1.17. The van der Waals surface area contributed by atoms with Gasteiger partial charge in [-0.1, -0.05) is 12.1 Å². The fourth-order valence-electron chi connectivity index (χ4n) is 2.48. The lowest BCUT2D eigenvalue weighted by atomic mass is 10.1. The average molecular weight is 291 g/mol. The Morgan fingerprint density at radius 3 is 3.10 bits per heavy atom. The highest BCUT2D eigenvalue weighted by molar-refractivity contribution is 5.76. The van der Waals surface area contributed by atoms with E-state index in [0.29, 0.717) is 13.0 Å². The first-order valence-electron chi connectivity index (χ1n) is 7.74. The highest BCUT2D eigenvalue weighted by Crippen LogP contribution is 2.16. The van der Waals surface area contributed by atoms with Crippen LogP contribution in [0.2, 0.25) is 0 Å². The minimum Gasteiger partial charge on any atom is -0.491 e. The van der Waals surface area contributed by atoms with Crippen molar-refractivity contribution in [2.75, 3.05) is 13.2 Å². The maximum absolute atomic E-state index is 11.9. The maximum Gasteiger partial charge on any atom is 0.220 e. The number of aryl methyl sites for hydroxylation is 1. The molecule has 0 bridgehead atoms. The van der Waals surface area contributed by atoms with Crippen LogP contribution in [0.5, 0.6) is 5.75 Å². The molecule has 1 aliphatic heterocycles. The average Bonchev–Trinajstić information content (AvgIpc) is 2.96. The van der Waals surface area contributed by atoms with E-state index in [9.17, 15) is 4.79 Å². The van der Waals surface area contributed by atoms with Crippen molar-refractivity contribution in [2.45, 2.75) is 51.7 Å². The molecule has 0 aromatic heterocycles. The largest absolute Gasteiger partial charge is 0.491 e. The van der Waals surface area contributed by atoms with E-state index >= 15 is 0 Å². The number of amides is 1. The van der Waals surface area contributed by atoms with Gasteiger partial charge in [-0.25, -0.2) is 0 Å². The van der Waals surface area contributed by atoms with Crippen LogP contribution in [0.1, 0.15) is 38.2 Å². The van der Waals surface area contributed by atoms with E-state index in [1.54, 1.807) is 0 Å². The molecule has 0 saturated carbocycles. The van der Waals surface area contributed by atoms with Crippen molar-refractivity contribution in [2.24, 2.45) is 0 Å². The number of benzene rings is 1. The van der Waals surface area contributed by atoms with Crippen molar-refractivity contribution in [1.82, 2.24) is 5.32 Å². The molecule has 1 fully saturated rings. The molecule has 4 heteroatoms. The molecular formula is C17H25NO3. The Bertz CT molecular complexity index is 455. The monoisotopic (exact) mass is 291 g/mol. The molecule has 1 heterocycles. The van der Waals surface area contributed by atoms with E-state index in [0.717, 1.165) is 31.6 Å². The van der Waals surface area contributed by atoms with Crippen molar-refractivity contribution in [3.63, 3.8) is 0 Å². The van der Waals surface area contributed by atoms with Gasteiger partial charge in [-0.2, -0.15) is 0 Å². The summed E-state index contributed by atoms with van der Waals surface area (Å²) in [7, 11) is 0. The van der Waals surface area contributed by atoms with Crippen LogP contribution in [0.4, 0.5) is 0 Å². The van der Waals surface area contributed by atoms with Gasteiger partial charge in [-0.15, -0.1) is 0 Å². The molecule has 1 aromatic rings. The summed E-state index contributed by atoms with van der Waals surface area (Å²) in [5, 5.41) is 2.97. The van der Waals surface area contributed by atoms with Gasteiger partial charge in [0.05, 0.1) is 12.1 Å². The van der Waals surface area contributed by atoms with E-state index in [1.807, 2.05) is 38.1 Å². The molecule has 1 N–H and O–H groups in total. The van der Waals surface area contributed by atoms with Crippen molar-refractivity contribution in [3.8, 4) is 5.75 Å². The summed E-state index contributed by atoms with van der Waals surface area (Å²) in [5.74, 6) is 0.918. The molecule has 4 nitrogen and oxygen atoms in total. The molecular weight excluding hydrogens is 266 g/mol. The van der Waals surface area contributed by atoms with Crippen LogP contribution in [0.15, 0.2) is 24.3 Å². The SMILES string of the molecule is Cc1cccc(OCC(C)NC(=O)CCC2CCCO2)c1. The minimum absolute atomic E-state index is 0.00232. The lowest BCUT2D eigenvalue weighted by Crippen LogP contribution is -2.37. The van der Waals surface area contributed by atoms with Gasteiger partial charge in [0, 0.05) is 13.0 Å². The van der Waals surface area contributed by atoms with Gasteiger partial charge in [-0.05, 0) is 50.8 Å². The number of carbonyl (C=O) groups excluding carboxylic acids is 1. The topological polar surface area (TPSA) is 47.6 Å². The molecule has 0 aliphatic carbocycles. The molecule has 0 radical (unpaired) electrons. The zero-order chi connectivity index (χ0) is 15.1. The number of rotatable bonds is 7. The van der Waals surface area contributed by atoms with E-state index in [-0.39, 0.29) is 18.1 Å². The molecule has 2 rings (SSSR count). The van der Waals surface area contributed by atoms with Crippen LogP contribution in [0, 0.1) is 6.92 Å². The fraction of sp³-hybridized carbons (Fsp3) is 0.588. The number of hydrogen-bond acceptors (Lipinski definition) is 3. The molecule has 1 amide bonds. The molecule has 2 atom stereocenters. The summed E-state index contributed by atoms with van der Waals surface area (Å²) < 4.78 is 11.2. The van der Waals surface area contributed by atoms with Crippen LogP contribution in [-0.4, -0.2) is 31.3 Å². The van der Waals surface area contributed by atoms with E-state index in [1.165, 1.54) is 5.56 Å². The first kappa shape index (κ1) is 15.8. The predicted molar refractivity (Wildman–Crippen MR) is 82.5 cm³/mol. The second-order valence-electron chi connectivity index (χ2n) is 5.77. The standard InChI is InChI=1S/C17H25NO3/c1-13-5-3-6-16(11-13)21-12-14(2)18-17(19)9-8-15-7-4-10-20-15/h3,5-6,11,14-15H,4,7-10,12H2,1-2H3,(H,18,19). The van der Waals surface area contributed by atoms with Crippen LogP contribution < -0.4 is 10.1 Å². The molecule has 1 aromatic carbocycles. The van der Waals surface area contributed by atoms with Gasteiger partial charge < -0.3 is 14.8 Å². The van der Waals surface area contributed by atoms with Crippen molar-refractivity contribution < 1.29 is 14.3 Å². The lowest BCUT2D eigenvalue weighted by Gasteiger charge is -2.16. The second kappa shape index (κ2) is 8.03. The Morgan fingerprint density at radius 1 is 1.52 bits per heavy atom. The van der Waals surface area contributed by atoms with Gasteiger partial charge in [0.1, 0.15) is 12.4 Å². The van der Waals surface area contributed by atoms with E-state index in [2.05, 4.69) is 5.32 Å². The van der Waals surface area contributed by atoms with Crippen molar-refractivity contribution >= 4 is 5.91 Å². The number of ether oxygens (including phenoxy) is 2. The third kappa shape index (κ3) is 5.76. The van der Waals surface area contributed by atoms with Gasteiger partial charge in [0.15, 0.2) is 0 Å². The summed E-state index contributed by atoms with van der Waals surface area (Å²) in [6.07, 6.45) is 3.82. The minimum atomic E-state index is 0.00232. The quantitative estimate of drug-likeness (QED) is 0.840. The third-order valence-corrected chi connectivity index (χ3v) is 3.61. The molecule has 0 spiro atoms. The lowest BCUT2D eigenvalue weighted by molar-refractivity contribution is -0.122. The van der Waals surface area contributed by atoms with Gasteiger partial charge >= 0.3 is 0 Å².